The molecule has 194 valence electrons. The molecule has 1 heterocycles. The Hall–Kier alpha value is -2.59. The summed E-state index contributed by atoms with van der Waals surface area (Å²) in [7, 11) is 0. The Morgan fingerprint density at radius 2 is 1.73 bits per heavy atom. The van der Waals surface area contributed by atoms with E-state index in [1.807, 2.05) is 36.4 Å². The summed E-state index contributed by atoms with van der Waals surface area (Å²) >= 11 is 6.34. The van der Waals surface area contributed by atoms with E-state index in [9.17, 15) is 9.59 Å². The Kier molecular flexibility index (Phi) is 6.22. The van der Waals surface area contributed by atoms with Crippen LogP contribution in [0.2, 0.25) is 5.02 Å². The number of carbonyl (C=O) groups excluding carboxylic acids is 2. The van der Waals surface area contributed by atoms with Crippen LogP contribution in [0.5, 0.6) is 0 Å². The fourth-order valence-corrected chi connectivity index (χ4v) is 8.96. The van der Waals surface area contributed by atoms with Crippen molar-refractivity contribution in [3.8, 4) is 0 Å². The molecule has 1 N–H and O–H groups in total. The molecule has 0 saturated heterocycles. The van der Waals surface area contributed by atoms with Crippen LogP contribution in [-0.4, -0.2) is 22.8 Å². The number of nitrogens with zero attached hydrogens (tertiary/aromatic N) is 1. The van der Waals surface area contributed by atoms with Gasteiger partial charge in [-0.3, -0.25) is 9.59 Å². The van der Waals surface area contributed by atoms with E-state index >= 15 is 0 Å². The first-order chi connectivity index (χ1) is 17.8. The summed E-state index contributed by atoms with van der Waals surface area (Å²) in [6.07, 6.45) is 10.5. The van der Waals surface area contributed by atoms with Crippen LogP contribution in [-0.2, 0) is 16.1 Å². The molecule has 0 radical (unpaired) electrons. The Balaban J connectivity index is 1.23. The zero-order chi connectivity index (χ0) is 25.8. The van der Waals surface area contributed by atoms with E-state index in [0.717, 1.165) is 38.5 Å². The molecule has 0 spiro atoms. The number of fused-ring (bicyclic) bond motifs is 5. The zero-order valence-corrected chi connectivity index (χ0v) is 22.6. The van der Waals surface area contributed by atoms with Gasteiger partial charge in [-0.15, -0.1) is 0 Å². The predicted molar refractivity (Wildman–Crippen MR) is 148 cm³/mol. The predicted octanol–water partition coefficient (Wildman–Crippen LogP) is 7.10. The van der Waals surface area contributed by atoms with Crippen molar-refractivity contribution in [2.24, 2.45) is 34.5 Å². The molecule has 2 amide bonds. The molecule has 7 atom stereocenters. The van der Waals surface area contributed by atoms with E-state index in [0.29, 0.717) is 35.0 Å². The molecule has 5 heteroatoms. The second kappa shape index (κ2) is 9.31. The highest BCUT2D eigenvalue weighted by Gasteiger charge is 2.61. The van der Waals surface area contributed by atoms with E-state index < -0.39 is 0 Å². The summed E-state index contributed by atoms with van der Waals surface area (Å²) in [5, 5.41) is 3.73. The lowest BCUT2D eigenvalue weighted by molar-refractivity contribution is -0.144. The molecule has 2 unspecified atom stereocenters. The Labute approximate surface area is 225 Å². The minimum Gasteiger partial charge on any atom is -0.331 e. The van der Waals surface area contributed by atoms with Crippen molar-refractivity contribution in [3.63, 3.8) is 0 Å². The third-order valence-corrected chi connectivity index (χ3v) is 10.9. The summed E-state index contributed by atoms with van der Waals surface area (Å²) in [5.41, 5.74) is 1.88. The highest BCUT2D eigenvalue weighted by atomic mass is 35.5. The summed E-state index contributed by atoms with van der Waals surface area (Å²) < 4.78 is 0. The summed E-state index contributed by atoms with van der Waals surface area (Å²) in [5.74, 6) is 1.95. The average Bonchev–Trinajstić information content (AvgIpc) is 3.25. The third kappa shape index (κ3) is 4.03. The molecule has 4 nitrogen and oxygen atoms in total. The van der Waals surface area contributed by atoms with Crippen LogP contribution in [0.4, 0.5) is 5.69 Å². The minimum absolute atomic E-state index is 0.00757. The average molecular weight is 517 g/mol. The van der Waals surface area contributed by atoms with Gasteiger partial charge in [0.15, 0.2) is 0 Å². The first-order valence-corrected chi connectivity index (χ1v) is 14.3. The number of para-hydroxylation sites is 1. The maximum Gasteiger partial charge on any atom is 0.246 e. The monoisotopic (exact) mass is 516 g/mol. The van der Waals surface area contributed by atoms with Crippen LogP contribution in [0.3, 0.4) is 0 Å². The van der Waals surface area contributed by atoms with E-state index in [4.69, 9.17) is 11.6 Å². The van der Waals surface area contributed by atoms with Gasteiger partial charge >= 0.3 is 0 Å². The topological polar surface area (TPSA) is 49.4 Å². The van der Waals surface area contributed by atoms with Crippen LogP contribution in [0, 0.1) is 34.5 Å². The number of benzene rings is 2. The van der Waals surface area contributed by atoms with Crippen LogP contribution >= 0.6 is 11.6 Å². The van der Waals surface area contributed by atoms with Gasteiger partial charge in [-0.2, -0.15) is 0 Å². The van der Waals surface area contributed by atoms with Gasteiger partial charge in [-0.25, -0.2) is 0 Å². The van der Waals surface area contributed by atoms with Crippen LogP contribution in [0.1, 0.15) is 57.9 Å². The fourth-order valence-electron chi connectivity index (χ4n) is 8.78. The van der Waals surface area contributed by atoms with Crippen LogP contribution < -0.4 is 5.32 Å². The molecule has 1 aliphatic heterocycles. The van der Waals surface area contributed by atoms with Crippen molar-refractivity contribution in [2.45, 2.75) is 65.0 Å². The normalized spacial score (nSPS) is 36.5. The largest absolute Gasteiger partial charge is 0.331 e. The van der Waals surface area contributed by atoms with Gasteiger partial charge in [-0.1, -0.05) is 74.0 Å². The SMILES string of the molecule is C[C@]12C=CC(=O)N(Cc3ccccc3)C1CC[C@@H]1[C@H]2CC[C@]2(C)C(C(=O)Nc3ccccc3Cl)CC[C@@H]12. The Morgan fingerprint density at radius 1 is 0.973 bits per heavy atom. The molecule has 3 saturated carbocycles. The van der Waals surface area contributed by atoms with Gasteiger partial charge in [-0.05, 0) is 85.5 Å². The third-order valence-electron chi connectivity index (χ3n) is 10.6. The second-order valence-electron chi connectivity index (χ2n) is 12.3. The maximum atomic E-state index is 13.5. The number of rotatable bonds is 4. The number of halogens is 1. The molecular formula is C32H37ClN2O2. The Morgan fingerprint density at radius 3 is 2.51 bits per heavy atom. The van der Waals surface area contributed by atoms with E-state index in [2.05, 4.69) is 54.4 Å². The molecule has 6 rings (SSSR count). The van der Waals surface area contributed by atoms with Crippen molar-refractivity contribution in [3.05, 3.63) is 77.3 Å². The van der Waals surface area contributed by atoms with E-state index in [1.54, 1.807) is 0 Å². The van der Waals surface area contributed by atoms with Gasteiger partial charge in [0.25, 0.3) is 0 Å². The minimum atomic E-state index is -0.0230. The van der Waals surface area contributed by atoms with Crippen LogP contribution in [0.15, 0.2) is 66.7 Å². The van der Waals surface area contributed by atoms with Gasteiger partial charge < -0.3 is 10.2 Å². The number of amides is 2. The van der Waals surface area contributed by atoms with Crippen molar-refractivity contribution >= 4 is 29.1 Å². The van der Waals surface area contributed by atoms with E-state index in [-0.39, 0.29) is 34.6 Å². The highest BCUT2D eigenvalue weighted by molar-refractivity contribution is 6.33. The number of hydrogen-bond acceptors (Lipinski definition) is 2. The molecule has 2 aromatic rings. The van der Waals surface area contributed by atoms with Gasteiger partial charge in [0.05, 0.1) is 10.7 Å². The number of nitrogens with one attached hydrogen (secondary N) is 1. The van der Waals surface area contributed by atoms with Gasteiger partial charge in [0, 0.05) is 23.9 Å². The summed E-state index contributed by atoms with van der Waals surface area (Å²) in [4.78, 5) is 28.7. The maximum absolute atomic E-state index is 13.5. The van der Waals surface area contributed by atoms with E-state index in [1.165, 1.54) is 5.56 Å². The number of anilines is 1. The van der Waals surface area contributed by atoms with Crippen molar-refractivity contribution < 1.29 is 9.59 Å². The molecule has 0 aromatic heterocycles. The standard InChI is InChI=1S/C32H37ClN2O2/c1-31-18-16-24-22(23(31)13-14-25(31)30(37)34-27-11-7-6-10-26(27)33)12-15-28-32(24,2)19-17-29(36)35(28)20-21-8-4-3-5-9-21/h3-11,17,19,22-25,28H,12-16,18,20H2,1-2H3,(H,34,37)/t22-,23-,24+,25?,28?,31-,32+/m0/s1. The summed E-state index contributed by atoms with van der Waals surface area (Å²) in [6, 6.07) is 18.1. The molecule has 37 heavy (non-hydrogen) atoms. The fraction of sp³-hybridized carbons (Fsp3) is 0.500. The van der Waals surface area contributed by atoms with Crippen molar-refractivity contribution in [2.75, 3.05) is 5.32 Å². The molecular weight excluding hydrogens is 480 g/mol. The molecule has 3 aliphatic carbocycles. The molecule has 0 bridgehead atoms. The van der Waals surface area contributed by atoms with Crippen molar-refractivity contribution in [1.82, 2.24) is 4.90 Å². The van der Waals surface area contributed by atoms with Gasteiger partial charge in [0.2, 0.25) is 11.8 Å². The zero-order valence-electron chi connectivity index (χ0n) is 21.8. The molecule has 4 aliphatic rings. The smallest absolute Gasteiger partial charge is 0.246 e. The lowest BCUT2D eigenvalue weighted by Gasteiger charge is -2.60. The molecule has 3 fully saturated rings. The highest BCUT2D eigenvalue weighted by Crippen LogP contribution is 2.65. The first-order valence-electron chi connectivity index (χ1n) is 13.9. The quantitative estimate of drug-likeness (QED) is 0.471. The summed E-state index contributed by atoms with van der Waals surface area (Å²) in [6.45, 7) is 5.44. The van der Waals surface area contributed by atoms with Gasteiger partial charge in [0.1, 0.15) is 0 Å². The van der Waals surface area contributed by atoms with Crippen LogP contribution in [0.25, 0.3) is 0 Å². The number of hydrogen-bond donors (Lipinski definition) is 1. The second-order valence-corrected chi connectivity index (χ2v) is 12.7. The Bertz CT molecular complexity index is 1230. The lowest BCUT2D eigenvalue weighted by atomic mass is 9.47. The van der Waals surface area contributed by atoms with Crippen molar-refractivity contribution in [1.29, 1.82) is 0 Å². The number of carbonyl (C=O) groups is 2. The lowest BCUT2D eigenvalue weighted by Crippen LogP contribution is -2.60. The first kappa shape index (κ1) is 24.7. The molecule has 2 aromatic carbocycles.